The molecule has 5 rings (SSSR count). The molecule has 0 atom stereocenters. The highest BCUT2D eigenvalue weighted by Crippen LogP contribution is 2.36. The van der Waals surface area contributed by atoms with E-state index < -0.39 is 0 Å². The van der Waals surface area contributed by atoms with E-state index in [0.717, 1.165) is 66.0 Å². The predicted octanol–water partition coefficient (Wildman–Crippen LogP) is 4.80. The van der Waals surface area contributed by atoms with E-state index in [0.29, 0.717) is 5.92 Å². The third-order valence-electron chi connectivity index (χ3n) is 5.94. The molecule has 1 saturated heterocycles. The van der Waals surface area contributed by atoms with Gasteiger partial charge in [0.1, 0.15) is 5.75 Å². The zero-order chi connectivity index (χ0) is 22.1. The van der Waals surface area contributed by atoms with Gasteiger partial charge in [-0.2, -0.15) is 5.10 Å². The van der Waals surface area contributed by atoms with Gasteiger partial charge in [-0.1, -0.05) is 12.1 Å². The molecule has 0 radical (unpaired) electrons. The molecule has 32 heavy (non-hydrogen) atoms. The summed E-state index contributed by atoms with van der Waals surface area (Å²) in [7, 11) is 1.70. The highest BCUT2D eigenvalue weighted by Gasteiger charge is 2.24. The minimum atomic E-state index is 0.474. The van der Waals surface area contributed by atoms with Crippen molar-refractivity contribution in [2.75, 3.05) is 25.1 Å². The summed E-state index contributed by atoms with van der Waals surface area (Å²) >= 11 is 1.75. The standard InChI is InChI=1S/C24H26N6OS/c1-16-14-17(2)30(28-16)23-9-8-22(26-27-23)29-12-10-18(11-13-29)24-25-20(15-32-24)19-6-4-5-7-21(19)31-3/h4-9,14-15,18H,10-13H2,1-3H3. The van der Waals surface area contributed by atoms with E-state index in [1.54, 1.807) is 18.4 Å². The molecule has 0 N–H and O–H groups in total. The summed E-state index contributed by atoms with van der Waals surface area (Å²) in [6.07, 6.45) is 2.11. The molecule has 1 fully saturated rings. The molecule has 1 aliphatic heterocycles. The second-order valence-electron chi connectivity index (χ2n) is 8.12. The molecule has 0 spiro atoms. The topological polar surface area (TPSA) is 69.0 Å². The Morgan fingerprint density at radius 2 is 1.75 bits per heavy atom. The van der Waals surface area contributed by atoms with Crippen LogP contribution in [0.2, 0.25) is 0 Å². The van der Waals surface area contributed by atoms with Crippen molar-refractivity contribution in [3.8, 4) is 22.8 Å². The number of aromatic nitrogens is 5. The van der Waals surface area contributed by atoms with Crippen LogP contribution < -0.4 is 9.64 Å². The molecule has 0 aliphatic carbocycles. The number of aryl methyl sites for hydroxylation is 2. The van der Waals surface area contributed by atoms with Crippen LogP contribution in [0.1, 0.15) is 35.2 Å². The van der Waals surface area contributed by atoms with Crippen molar-refractivity contribution in [2.24, 2.45) is 0 Å². The molecule has 1 aromatic carbocycles. The second-order valence-corrected chi connectivity index (χ2v) is 9.01. The van der Waals surface area contributed by atoms with E-state index in [-0.39, 0.29) is 0 Å². The number of hydrogen-bond acceptors (Lipinski definition) is 7. The Bertz CT molecular complexity index is 1210. The van der Waals surface area contributed by atoms with Gasteiger partial charge in [0.05, 0.1) is 23.5 Å². The van der Waals surface area contributed by atoms with E-state index >= 15 is 0 Å². The van der Waals surface area contributed by atoms with Crippen molar-refractivity contribution in [3.63, 3.8) is 0 Å². The van der Waals surface area contributed by atoms with Gasteiger partial charge in [-0.3, -0.25) is 0 Å². The molecule has 0 bridgehead atoms. The molecule has 0 saturated carbocycles. The smallest absolute Gasteiger partial charge is 0.176 e. The number of methoxy groups -OCH3 is 1. The number of piperidine rings is 1. The van der Waals surface area contributed by atoms with Crippen molar-refractivity contribution in [1.29, 1.82) is 0 Å². The minimum absolute atomic E-state index is 0.474. The zero-order valence-electron chi connectivity index (χ0n) is 18.5. The average molecular weight is 447 g/mol. The second kappa shape index (κ2) is 8.70. The third kappa shape index (κ3) is 3.98. The van der Waals surface area contributed by atoms with Gasteiger partial charge in [-0.25, -0.2) is 9.67 Å². The highest BCUT2D eigenvalue weighted by atomic mass is 32.1. The molecule has 0 amide bonds. The monoisotopic (exact) mass is 446 g/mol. The Morgan fingerprint density at radius 1 is 1.00 bits per heavy atom. The van der Waals surface area contributed by atoms with Crippen LogP contribution in [0.5, 0.6) is 5.75 Å². The number of para-hydroxylation sites is 1. The van der Waals surface area contributed by atoms with E-state index in [9.17, 15) is 0 Å². The Balaban J connectivity index is 1.25. The molecule has 8 heteroatoms. The first kappa shape index (κ1) is 20.6. The van der Waals surface area contributed by atoms with Gasteiger partial charge in [-0.05, 0) is 57.0 Å². The molecule has 1 aliphatic rings. The van der Waals surface area contributed by atoms with Crippen LogP contribution in [0, 0.1) is 13.8 Å². The fraction of sp³-hybridized carbons (Fsp3) is 0.333. The van der Waals surface area contributed by atoms with Crippen LogP contribution in [0.3, 0.4) is 0 Å². The Labute approximate surface area is 191 Å². The zero-order valence-corrected chi connectivity index (χ0v) is 19.3. The van der Waals surface area contributed by atoms with Crippen LogP contribution in [0.15, 0.2) is 47.8 Å². The SMILES string of the molecule is COc1ccccc1-c1csc(C2CCN(c3ccc(-n4nc(C)cc4C)nn3)CC2)n1. The van der Waals surface area contributed by atoms with Crippen LogP contribution >= 0.6 is 11.3 Å². The first-order valence-electron chi connectivity index (χ1n) is 10.8. The first-order valence-corrected chi connectivity index (χ1v) is 11.7. The number of rotatable bonds is 5. The Hall–Kier alpha value is -3.26. The fourth-order valence-electron chi connectivity index (χ4n) is 4.27. The summed E-state index contributed by atoms with van der Waals surface area (Å²) in [5, 5.41) is 16.7. The van der Waals surface area contributed by atoms with Crippen molar-refractivity contribution < 1.29 is 4.74 Å². The number of nitrogens with zero attached hydrogens (tertiary/aromatic N) is 6. The number of hydrogen-bond donors (Lipinski definition) is 0. The average Bonchev–Trinajstić information content (AvgIpc) is 3.45. The van der Waals surface area contributed by atoms with Crippen LogP contribution in [-0.4, -0.2) is 45.2 Å². The van der Waals surface area contributed by atoms with Gasteiger partial charge in [0, 0.05) is 35.6 Å². The van der Waals surface area contributed by atoms with Crippen LogP contribution in [-0.2, 0) is 0 Å². The highest BCUT2D eigenvalue weighted by molar-refractivity contribution is 7.10. The van der Waals surface area contributed by atoms with Gasteiger partial charge in [0.2, 0.25) is 0 Å². The summed E-state index contributed by atoms with van der Waals surface area (Å²) in [6, 6.07) is 14.1. The molecular weight excluding hydrogens is 420 g/mol. The molecule has 164 valence electrons. The maximum atomic E-state index is 5.50. The van der Waals surface area contributed by atoms with Crippen molar-refractivity contribution >= 4 is 17.2 Å². The lowest BCUT2D eigenvalue weighted by atomic mass is 9.97. The van der Waals surface area contributed by atoms with E-state index in [2.05, 4.69) is 31.6 Å². The summed E-state index contributed by atoms with van der Waals surface area (Å²) in [4.78, 5) is 7.26. The van der Waals surface area contributed by atoms with Gasteiger partial charge in [-0.15, -0.1) is 21.5 Å². The van der Waals surface area contributed by atoms with E-state index in [1.807, 2.05) is 54.9 Å². The van der Waals surface area contributed by atoms with Crippen molar-refractivity contribution in [2.45, 2.75) is 32.6 Å². The number of thiazole rings is 1. The minimum Gasteiger partial charge on any atom is -0.496 e. The van der Waals surface area contributed by atoms with Crippen molar-refractivity contribution in [3.05, 3.63) is 64.2 Å². The number of anilines is 1. The van der Waals surface area contributed by atoms with E-state index in [4.69, 9.17) is 9.72 Å². The molecule has 0 unspecified atom stereocenters. The summed E-state index contributed by atoms with van der Waals surface area (Å²) < 4.78 is 7.33. The fourth-order valence-corrected chi connectivity index (χ4v) is 5.26. The maximum Gasteiger partial charge on any atom is 0.176 e. The third-order valence-corrected chi connectivity index (χ3v) is 6.94. The van der Waals surface area contributed by atoms with Gasteiger partial charge < -0.3 is 9.64 Å². The molecule has 3 aromatic heterocycles. The van der Waals surface area contributed by atoms with E-state index in [1.165, 1.54) is 5.01 Å². The Morgan fingerprint density at radius 3 is 2.44 bits per heavy atom. The molecule has 4 aromatic rings. The lowest BCUT2D eigenvalue weighted by Gasteiger charge is -2.31. The first-order chi connectivity index (χ1) is 15.6. The number of benzene rings is 1. The summed E-state index contributed by atoms with van der Waals surface area (Å²) in [5.41, 5.74) is 4.08. The van der Waals surface area contributed by atoms with Crippen LogP contribution in [0.4, 0.5) is 5.82 Å². The predicted molar refractivity (Wildman–Crippen MR) is 127 cm³/mol. The molecular formula is C24H26N6OS. The summed E-state index contributed by atoms with van der Waals surface area (Å²) in [5.74, 6) is 3.01. The van der Waals surface area contributed by atoms with Crippen LogP contribution in [0.25, 0.3) is 17.1 Å². The lowest BCUT2D eigenvalue weighted by molar-refractivity contribution is 0.416. The van der Waals surface area contributed by atoms with Gasteiger partial charge in [0.15, 0.2) is 11.6 Å². The Kier molecular flexibility index (Phi) is 5.61. The largest absolute Gasteiger partial charge is 0.496 e. The quantitative estimate of drug-likeness (QED) is 0.439. The molecule has 7 nitrogen and oxygen atoms in total. The lowest BCUT2D eigenvalue weighted by Crippen LogP contribution is -2.33. The molecule has 4 heterocycles. The van der Waals surface area contributed by atoms with Gasteiger partial charge in [0.25, 0.3) is 0 Å². The summed E-state index contributed by atoms with van der Waals surface area (Å²) in [6.45, 7) is 5.90. The normalized spacial score (nSPS) is 14.7. The van der Waals surface area contributed by atoms with Gasteiger partial charge >= 0.3 is 0 Å². The van der Waals surface area contributed by atoms with Crippen molar-refractivity contribution in [1.82, 2.24) is 25.0 Å². The number of ether oxygens (including phenoxy) is 1. The maximum absolute atomic E-state index is 5.50.